The van der Waals surface area contributed by atoms with Crippen LogP contribution in [0.1, 0.15) is 46.0 Å². The van der Waals surface area contributed by atoms with E-state index in [2.05, 4.69) is 12.7 Å². The molecule has 0 aliphatic rings. The first-order chi connectivity index (χ1) is 5.77. The van der Waals surface area contributed by atoms with Crippen LogP contribution >= 0.6 is 0 Å². The normalized spacial score (nSPS) is 8.83. The molecule has 0 spiro atoms. The zero-order valence-electron chi connectivity index (χ0n) is 8.10. The zero-order valence-corrected chi connectivity index (χ0v) is 8.10. The van der Waals surface area contributed by atoms with Crippen LogP contribution in [-0.2, 0) is 4.79 Å². The van der Waals surface area contributed by atoms with E-state index in [0.717, 1.165) is 12.8 Å². The third-order valence-corrected chi connectivity index (χ3v) is 1.58. The van der Waals surface area contributed by atoms with Crippen molar-refractivity contribution in [3.8, 4) is 0 Å². The van der Waals surface area contributed by atoms with Gasteiger partial charge in [0.25, 0.3) is 0 Å². The van der Waals surface area contributed by atoms with Gasteiger partial charge in [-0.05, 0) is 38.3 Å². The van der Waals surface area contributed by atoms with E-state index in [-0.39, 0.29) is 5.78 Å². The van der Waals surface area contributed by atoms with Crippen LogP contribution in [0.15, 0.2) is 17.9 Å². The molecule has 0 bridgehead atoms. The van der Waals surface area contributed by atoms with Gasteiger partial charge >= 0.3 is 0 Å². The maximum atomic E-state index is 10.5. The minimum atomic E-state index is 0.251. The molecule has 0 heterocycles. The molecule has 12 heavy (non-hydrogen) atoms. The second-order valence-electron chi connectivity index (χ2n) is 2.96. The van der Waals surface area contributed by atoms with E-state index in [1.807, 2.05) is 12.2 Å². The van der Waals surface area contributed by atoms with E-state index in [0.29, 0.717) is 6.42 Å². The van der Waals surface area contributed by atoms with Crippen molar-refractivity contribution in [2.45, 2.75) is 46.0 Å². The number of rotatable bonds is 6. The fourth-order valence-electron chi connectivity index (χ4n) is 0.832. The summed E-state index contributed by atoms with van der Waals surface area (Å²) in [7, 11) is 0. The predicted molar refractivity (Wildman–Crippen MR) is 52.1 cm³/mol. The molecule has 0 saturated heterocycles. The molecule has 0 fully saturated rings. The van der Waals surface area contributed by atoms with Gasteiger partial charge in [0.2, 0.25) is 0 Å². The summed E-state index contributed by atoms with van der Waals surface area (Å²) < 4.78 is 0. The lowest BCUT2D eigenvalue weighted by Gasteiger charge is -1.85. The van der Waals surface area contributed by atoms with Crippen molar-refractivity contribution in [2.75, 3.05) is 0 Å². The van der Waals surface area contributed by atoms with Gasteiger partial charge in [-0.25, -0.2) is 0 Å². The average molecular weight is 166 g/mol. The number of allylic oxidation sites excluding steroid dienone is 1. The number of Topliss-reactive ketones (excluding diaryl/α,β-unsaturated/α-hetero) is 1. The smallest absolute Gasteiger partial charge is 0.130 e. The molecule has 0 aromatic carbocycles. The largest absolute Gasteiger partial charge is 0.300 e. The summed E-state index contributed by atoms with van der Waals surface area (Å²) in [5, 5.41) is 0. The molecule has 0 saturated carbocycles. The van der Waals surface area contributed by atoms with Crippen molar-refractivity contribution in [1.82, 2.24) is 0 Å². The maximum absolute atomic E-state index is 10.5. The van der Waals surface area contributed by atoms with Crippen LogP contribution in [0.25, 0.3) is 0 Å². The zero-order chi connectivity index (χ0) is 9.23. The van der Waals surface area contributed by atoms with E-state index in [1.165, 1.54) is 12.8 Å². The Balaban J connectivity index is 3.34. The molecule has 0 aromatic rings. The molecule has 0 unspecified atom stereocenters. The van der Waals surface area contributed by atoms with E-state index in [9.17, 15) is 4.79 Å². The number of hydrogen-bond acceptors (Lipinski definition) is 1. The predicted octanol–water partition coefficient (Wildman–Crippen LogP) is 3.26. The summed E-state index contributed by atoms with van der Waals surface area (Å²) in [6, 6.07) is 0. The molecule has 1 heteroatoms. The highest BCUT2D eigenvalue weighted by Crippen LogP contribution is 1.95. The van der Waals surface area contributed by atoms with Crippen LogP contribution in [0.5, 0.6) is 0 Å². The van der Waals surface area contributed by atoms with Crippen molar-refractivity contribution in [3.05, 3.63) is 17.9 Å². The van der Waals surface area contributed by atoms with Gasteiger partial charge in [-0.2, -0.15) is 0 Å². The molecule has 0 aliphatic heterocycles. The van der Waals surface area contributed by atoms with E-state index in [4.69, 9.17) is 0 Å². The summed E-state index contributed by atoms with van der Waals surface area (Å²) in [4.78, 5) is 10.5. The first-order valence-corrected chi connectivity index (χ1v) is 4.66. The summed E-state index contributed by atoms with van der Waals surface area (Å²) in [5.41, 5.74) is 3.07. The van der Waals surface area contributed by atoms with E-state index >= 15 is 0 Å². The summed E-state index contributed by atoms with van der Waals surface area (Å²) in [5.74, 6) is 0.251. The fraction of sp³-hybridized carbons (Fsp3) is 0.636. The molecule has 0 aliphatic carbocycles. The SMILES string of the molecule is CCCCC=C=CCCC(C)=O. The van der Waals surface area contributed by atoms with Gasteiger partial charge in [0.1, 0.15) is 5.78 Å². The summed E-state index contributed by atoms with van der Waals surface area (Å²) >= 11 is 0. The van der Waals surface area contributed by atoms with Gasteiger partial charge in [0.15, 0.2) is 0 Å². The molecule has 0 N–H and O–H groups in total. The lowest BCUT2D eigenvalue weighted by molar-refractivity contribution is -0.116. The Hall–Kier alpha value is -0.810. The number of hydrogen-bond donors (Lipinski definition) is 0. The van der Waals surface area contributed by atoms with Crippen molar-refractivity contribution in [1.29, 1.82) is 0 Å². The van der Waals surface area contributed by atoms with E-state index < -0.39 is 0 Å². The van der Waals surface area contributed by atoms with Crippen molar-refractivity contribution in [2.24, 2.45) is 0 Å². The van der Waals surface area contributed by atoms with Gasteiger partial charge in [-0.3, -0.25) is 0 Å². The minimum Gasteiger partial charge on any atom is -0.300 e. The Morgan fingerprint density at radius 2 is 2.00 bits per heavy atom. The third-order valence-electron chi connectivity index (χ3n) is 1.58. The van der Waals surface area contributed by atoms with Gasteiger partial charge in [0.05, 0.1) is 0 Å². The van der Waals surface area contributed by atoms with Crippen LogP contribution in [0.3, 0.4) is 0 Å². The Labute approximate surface area is 75.2 Å². The first-order valence-electron chi connectivity index (χ1n) is 4.66. The molecule has 1 nitrogen and oxygen atoms in total. The second-order valence-corrected chi connectivity index (χ2v) is 2.96. The Kier molecular flexibility index (Phi) is 7.73. The third kappa shape index (κ3) is 9.19. The van der Waals surface area contributed by atoms with Crippen molar-refractivity contribution >= 4 is 5.78 Å². The van der Waals surface area contributed by atoms with Gasteiger partial charge in [-0.1, -0.05) is 13.3 Å². The number of ketones is 1. The van der Waals surface area contributed by atoms with Crippen molar-refractivity contribution in [3.63, 3.8) is 0 Å². The monoisotopic (exact) mass is 166 g/mol. The highest BCUT2D eigenvalue weighted by molar-refractivity contribution is 5.75. The van der Waals surface area contributed by atoms with Crippen LogP contribution in [0, 0.1) is 0 Å². The van der Waals surface area contributed by atoms with Crippen LogP contribution in [0.2, 0.25) is 0 Å². The minimum absolute atomic E-state index is 0.251. The van der Waals surface area contributed by atoms with Crippen LogP contribution < -0.4 is 0 Å². The Morgan fingerprint density at radius 3 is 2.58 bits per heavy atom. The molecule has 0 radical (unpaired) electrons. The summed E-state index contributed by atoms with van der Waals surface area (Å²) in [6.07, 6.45) is 9.03. The van der Waals surface area contributed by atoms with Gasteiger partial charge in [0, 0.05) is 6.42 Å². The van der Waals surface area contributed by atoms with Crippen LogP contribution in [0.4, 0.5) is 0 Å². The maximum Gasteiger partial charge on any atom is 0.130 e. The standard InChI is InChI=1S/C11H18O/c1-3-4-5-6-7-8-9-10-11(2)12/h6,8H,3-5,9-10H2,1-2H3. The highest BCUT2D eigenvalue weighted by atomic mass is 16.1. The topological polar surface area (TPSA) is 17.1 Å². The van der Waals surface area contributed by atoms with E-state index in [1.54, 1.807) is 6.92 Å². The van der Waals surface area contributed by atoms with Gasteiger partial charge < -0.3 is 4.79 Å². The number of carbonyl (C=O) groups is 1. The Bertz CT molecular complexity index is 173. The summed E-state index contributed by atoms with van der Waals surface area (Å²) in [6.45, 7) is 3.79. The van der Waals surface area contributed by atoms with Crippen LogP contribution in [-0.4, -0.2) is 5.78 Å². The lowest BCUT2D eigenvalue weighted by atomic mass is 10.2. The highest BCUT2D eigenvalue weighted by Gasteiger charge is 1.86. The molecule has 0 amide bonds. The number of carbonyl (C=O) groups excluding carboxylic acids is 1. The quantitative estimate of drug-likeness (QED) is 0.437. The fourth-order valence-corrected chi connectivity index (χ4v) is 0.832. The molecule has 0 aromatic heterocycles. The first kappa shape index (κ1) is 11.2. The molecular weight excluding hydrogens is 148 g/mol. The Morgan fingerprint density at radius 1 is 1.33 bits per heavy atom. The molecule has 0 rings (SSSR count). The second kappa shape index (κ2) is 8.29. The van der Waals surface area contributed by atoms with Crippen molar-refractivity contribution < 1.29 is 4.79 Å². The number of unbranched alkanes of at least 4 members (excludes halogenated alkanes) is 2. The molecule has 68 valence electrons. The molecular formula is C11H18O. The molecule has 0 atom stereocenters. The van der Waals surface area contributed by atoms with Gasteiger partial charge in [-0.15, -0.1) is 5.73 Å². The lowest BCUT2D eigenvalue weighted by Crippen LogP contribution is -1.85. The average Bonchev–Trinajstić information content (AvgIpc) is 2.02.